The minimum absolute atomic E-state index is 0.118. The highest BCUT2D eigenvalue weighted by Crippen LogP contribution is 2.35. The van der Waals surface area contributed by atoms with Crippen LogP contribution in [0, 0.1) is 0 Å². The molecule has 0 saturated carbocycles. The summed E-state index contributed by atoms with van der Waals surface area (Å²) in [5.41, 5.74) is 0. The molecule has 27 heavy (non-hydrogen) atoms. The molecule has 0 saturated heterocycles. The molecule has 0 aromatic carbocycles. The minimum Gasteiger partial charge on any atom is -0.381 e. The van der Waals surface area contributed by atoms with E-state index in [2.05, 4.69) is 11.4 Å². The molecular weight excluding hydrogens is 383 g/mol. The number of hydrogen-bond donors (Lipinski definition) is 2. The van der Waals surface area contributed by atoms with E-state index in [-0.39, 0.29) is 6.61 Å². The Labute approximate surface area is 171 Å². The Hall–Kier alpha value is 0.420. The van der Waals surface area contributed by atoms with Gasteiger partial charge in [-0.25, -0.2) is 4.57 Å². The lowest BCUT2D eigenvalue weighted by atomic mass is 10.1. The smallest absolute Gasteiger partial charge is 0.381 e. The van der Waals surface area contributed by atoms with Crippen LogP contribution in [0.1, 0.15) is 96.8 Å². The minimum atomic E-state index is -4.29. The van der Waals surface area contributed by atoms with Crippen LogP contribution in [0.15, 0.2) is 0 Å². The maximum absolute atomic E-state index is 10.5. The van der Waals surface area contributed by atoms with Crippen LogP contribution in [-0.2, 0) is 13.8 Å². The summed E-state index contributed by atoms with van der Waals surface area (Å²) in [7, 11) is -4.29. The van der Waals surface area contributed by atoms with Crippen LogP contribution in [0.4, 0.5) is 0 Å². The summed E-state index contributed by atoms with van der Waals surface area (Å²) in [6.45, 7) is 4.07. The molecule has 0 radical (unpaired) electrons. The summed E-state index contributed by atoms with van der Waals surface area (Å²) in [5, 5.41) is 0. The first-order valence-electron chi connectivity index (χ1n) is 10.9. The van der Waals surface area contributed by atoms with Gasteiger partial charge in [-0.1, -0.05) is 77.6 Å². The molecule has 0 heterocycles. The van der Waals surface area contributed by atoms with Gasteiger partial charge < -0.3 is 14.5 Å². The topological polar surface area (TPSA) is 76.0 Å². The summed E-state index contributed by atoms with van der Waals surface area (Å²) in [4.78, 5) is 17.1. The molecule has 0 bridgehead atoms. The number of ether oxygens (including phenoxy) is 1. The Morgan fingerprint density at radius 2 is 1.11 bits per heavy atom. The summed E-state index contributed by atoms with van der Waals surface area (Å²) in [6.07, 6.45) is 18.1. The zero-order valence-corrected chi connectivity index (χ0v) is 19.1. The highest BCUT2D eigenvalue weighted by Gasteiger charge is 2.12. The van der Waals surface area contributed by atoms with Gasteiger partial charge in [0, 0.05) is 13.2 Å². The molecule has 0 unspecified atom stereocenters. The van der Waals surface area contributed by atoms with Gasteiger partial charge in [-0.2, -0.15) is 11.8 Å². The molecule has 164 valence electrons. The van der Waals surface area contributed by atoms with Gasteiger partial charge in [0.15, 0.2) is 0 Å². The number of hydrogen-bond acceptors (Lipinski definition) is 4. The van der Waals surface area contributed by atoms with E-state index in [0.717, 1.165) is 31.1 Å². The number of unbranched alkanes of at least 4 members (excludes halogenated alkanes) is 11. The molecule has 5 nitrogen and oxygen atoms in total. The third-order valence-corrected chi connectivity index (χ3v) is 6.09. The van der Waals surface area contributed by atoms with Crippen molar-refractivity contribution in [1.29, 1.82) is 0 Å². The van der Waals surface area contributed by atoms with Crippen LogP contribution in [0.5, 0.6) is 0 Å². The first-order valence-corrected chi connectivity index (χ1v) is 13.6. The summed E-state index contributed by atoms with van der Waals surface area (Å²) in [5.74, 6) is 1.88. The zero-order chi connectivity index (χ0) is 20.1. The van der Waals surface area contributed by atoms with Crippen LogP contribution in [0.3, 0.4) is 0 Å². The van der Waals surface area contributed by atoms with Gasteiger partial charge in [0.2, 0.25) is 0 Å². The van der Waals surface area contributed by atoms with Crippen molar-refractivity contribution >= 4 is 19.6 Å². The molecule has 2 N–H and O–H groups in total. The van der Waals surface area contributed by atoms with Crippen molar-refractivity contribution in [3.63, 3.8) is 0 Å². The second-order valence-electron chi connectivity index (χ2n) is 7.14. The largest absolute Gasteiger partial charge is 0.469 e. The van der Waals surface area contributed by atoms with Gasteiger partial charge in [0.05, 0.1) is 6.61 Å². The Balaban J connectivity index is 3.02. The summed E-state index contributed by atoms with van der Waals surface area (Å²) < 4.78 is 20.5. The van der Waals surface area contributed by atoms with Crippen LogP contribution < -0.4 is 0 Å². The van der Waals surface area contributed by atoms with E-state index < -0.39 is 7.82 Å². The number of phosphoric ester groups is 1. The first kappa shape index (κ1) is 27.4. The SMILES string of the molecule is CCCCCCCCCCCCCCOCCCSCCCOP(=O)(O)O. The molecule has 0 amide bonds. The van der Waals surface area contributed by atoms with Gasteiger partial charge in [-0.3, -0.25) is 4.52 Å². The lowest BCUT2D eigenvalue weighted by Crippen LogP contribution is -1.99. The second-order valence-corrected chi connectivity index (χ2v) is 9.61. The van der Waals surface area contributed by atoms with E-state index in [0.29, 0.717) is 6.42 Å². The van der Waals surface area contributed by atoms with Gasteiger partial charge in [-0.05, 0) is 30.8 Å². The van der Waals surface area contributed by atoms with Crippen LogP contribution in [-0.4, -0.2) is 41.1 Å². The zero-order valence-electron chi connectivity index (χ0n) is 17.4. The fourth-order valence-corrected chi connectivity index (χ4v) is 4.07. The van der Waals surface area contributed by atoms with Crippen molar-refractivity contribution in [2.75, 3.05) is 31.3 Å². The molecular formula is C20H43O5PS. The van der Waals surface area contributed by atoms with Crippen molar-refractivity contribution in [2.24, 2.45) is 0 Å². The molecule has 0 rings (SSSR count). The molecule has 0 aliphatic carbocycles. The summed E-state index contributed by atoms with van der Waals surface area (Å²) in [6, 6.07) is 0. The van der Waals surface area contributed by atoms with Crippen LogP contribution in [0.2, 0.25) is 0 Å². The highest BCUT2D eigenvalue weighted by atomic mass is 32.2. The van der Waals surface area contributed by atoms with Crippen molar-refractivity contribution in [1.82, 2.24) is 0 Å². The quantitative estimate of drug-likeness (QED) is 0.156. The molecule has 0 spiro atoms. The fourth-order valence-electron chi connectivity index (χ4n) is 2.86. The molecule has 7 heteroatoms. The molecule has 0 aliphatic heterocycles. The van der Waals surface area contributed by atoms with Crippen molar-refractivity contribution < 1.29 is 23.6 Å². The van der Waals surface area contributed by atoms with Gasteiger partial charge >= 0.3 is 7.82 Å². The molecule has 0 fully saturated rings. The Kier molecular flexibility index (Phi) is 21.5. The average Bonchev–Trinajstić information content (AvgIpc) is 2.62. The molecule has 0 atom stereocenters. The maximum Gasteiger partial charge on any atom is 0.469 e. The van der Waals surface area contributed by atoms with Crippen LogP contribution in [0.25, 0.3) is 0 Å². The molecule has 0 aliphatic rings. The molecule has 0 aromatic rings. The van der Waals surface area contributed by atoms with Crippen LogP contribution >= 0.6 is 19.6 Å². The standard InChI is InChI=1S/C20H43O5PS/c1-2-3-4-5-6-7-8-9-10-11-12-13-16-24-17-14-19-27-20-15-18-25-26(21,22)23/h2-20H2,1H3,(H2,21,22,23). The fraction of sp³-hybridized carbons (Fsp3) is 1.00. The van der Waals surface area contributed by atoms with Crippen molar-refractivity contribution in [2.45, 2.75) is 96.8 Å². The lowest BCUT2D eigenvalue weighted by Gasteiger charge is -2.06. The van der Waals surface area contributed by atoms with E-state index in [9.17, 15) is 4.57 Å². The van der Waals surface area contributed by atoms with Crippen molar-refractivity contribution in [3.05, 3.63) is 0 Å². The van der Waals surface area contributed by atoms with Gasteiger partial charge in [0.1, 0.15) is 0 Å². The predicted molar refractivity (Wildman–Crippen MR) is 116 cm³/mol. The van der Waals surface area contributed by atoms with Gasteiger partial charge in [0.25, 0.3) is 0 Å². The number of rotatable bonds is 22. The predicted octanol–water partition coefficient (Wildman–Crippen LogP) is 6.33. The average molecular weight is 427 g/mol. The van der Waals surface area contributed by atoms with E-state index in [4.69, 9.17) is 14.5 Å². The Morgan fingerprint density at radius 3 is 1.63 bits per heavy atom. The van der Waals surface area contributed by atoms with E-state index >= 15 is 0 Å². The second kappa shape index (κ2) is 21.1. The normalized spacial score (nSPS) is 12.0. The molecule has 0 aromatic heterocycles. The maximum atomic E-state index is 10.5. The third kappa shape index (κ3) is 26.4. The van der Waals surface area contributed by atoms with E-state index in [1.165, 1.54) is 77.0 Å². The number of thioether (sulfide) groups is 1. The first-order chi connectivity index (χ1) is 13.1. The van der Waals surface area contributed by atoms with E-state index in [1.54, 1.807) is 11.8 Å². The number of phosphoric acid groups is 1. The lowest BCUT2D eigenvalue weighted by molar-refractivity contribution is 0.131. The summed E-state index contributed by atoms with van der Waals surface area (Å²) >= 11 is 1.78. The highest BCUT2D eigenvalue weighted by molar-refractivity contribution is 7.99. The van der Waals surface area contributed by atoms with Crippen molar-refractivity contribution in [3.8, 4) is 0 Å². The third-order valence-electron chi connectivity index (χ3n) is 4.41. The van der Waals surface area contributed by atoms with Gasteiger partial charge in [-0.15, -0.1) is 0 Å². The monoisotopic (exact) mass is 426 g/mol. The Morgan fingerprint density at radius 1 is 0.667 bits per heavy atom. The van der Waals surface area contributed by atoms with E-state index in [1.807, 2.05) is 0 Å². The Bertz CT molecular complexity index is 338.